The molecule has 0 fully saturated rings. The van der Waals surface area contributed by atoms with Gasteiger partial charge in [0.05, 0.1) is 31.2 Å². The molecule has 1 atom stereocenters. The number of nitrogens with one attached hydrogen (secondary N) is 1. The number of amides is 3. The van der Waals surface area contributed by atoms with Gasteiger partial charge >= 0.3 is 5.97 Å². The molecule has 1 aliphatic rings. The molecule has 0 radical (unpaired) electrons. The van der Waals surface area contributed by atoms with Crippen LogP contribution in [0.5, 0.6) is 0 Å². The van der Waals surface area contributed by atoms with Gasteiger partial charge in [0.15, 0.2) is 6.61 Å². The third kappa shape index (κ3) is 5.18. The lowest BCUT2D eigenvalue weighted by Gasteiger charge is -2.24. The second-order valence-corrected chi connectivity index (χ2v) is 9.18. The van der Waals surface area contributed by atoms with Gasteiger partial charge in [0.2, 0.25) is 0 Å². The predicted molar refractivity (Wildman–Crippen MR) is 131 cm³/mol. The van der Waals surface area contributed by atoms with Crippen LogP contribution in [0.1, 0.15) is 52.5 Å². The molecule has 180 valence electrons. The Morgan fingerprint density at radius 3 is 1.97 bits per heavy atom. The average molecular weight is 546 g/mol. The topological polar surface area (TPSA) is 92.8 Å². The Balaban J connectivity index is 1.80. The maximum atomic E-state index is 13.1. The number of unbranched alkanes of at least 4 members (excludes halogenated alkanes) is 1. The highest BCUT2D eigenvalue weighted by atomic mass is 35.5. The van der Waals surface area contributed by atoms with Crippen LogP contribution in [0.2, 0.25) is 20.1 Å². The predicted octanol–water partition coefficient (Wildman–Crippen LogP) is 5.95. The highest BCUT2D eigenvalue weighted by molar-refractivity contribution is 6.55. The number of esters is 1. The standard InChI is InChI=1S/C23H20Cl4N2O5/c1-3-4-5-13(23(33)34-10-14(30)28-12-8-6-11(2)7-9-12)29-21(31)15-16(22(29)32)18(25)20(27)19(26)17(15)24/h6-9,13H,3-5,10H2,1-2H3,(H,28,30)/t13-/m1/s1. The Morgan fingerprint density at radius 1 is 0.941 bits per heavy atom. The molecule has 7 nitrogen and oxygen atoms in total. The number of imide groups is 1. The Morgan fingerprint density at radius 2 is 1.47 bits per heavy atom. The van der Waals surface area contributed by atoms with Gasteiger partial charge in [0.1, 0.15) is 6.04 Å². The number of carbonyl (C=O) groups is 4. The number of carbonyl (C=O) groups excluding carboxylic acids is 4. The molecule has 0 bridgehead atoms. The molecule has 1 N–H and O–H groups in total. The van der Waals surface area contributed by atoms with Crippen LogP contribution in [-0.4, -0.2) is 41.2 Å². The van der Waals surface area contributed by atoms with Crippen molar-refractivity contribution < 1.29 is 23.9 Å². The van der Waals surface area contributed by atoms with E-state index in [1.165, 1.54) is 0 Å². The highest BCUT2D eigenvalue weighted by Gasteiger charge is 2.47. The normalized spacial score (nSPS) is 13.6. The summed E-state index contributed by atoms with van der Waals surface area (Å²) in [7, 11) is 0. The van der Waals surface area contributed by atoms with Gasteiger partial charge in [-0.15, -0.1) is 0 Å². The minimum absolute atomic E-state index is 0.122. The molecule has 0 aromatic heterocycles. The molecule has 0 saturated carbocycles. The van der Waals surface area contributed by atoms with Crippen LogP contribution in [0.25, 0.3) is 0 Å². The number of aryl methyl sites for hydroxylation is 1. The summed E-state index contributed by atoms with van der Waals surface area (Å²) in [6.07, 6.45) is 1.31. The fourth-order valence-corrected chi connectivity index (χ4v) is 4.48. The molecule has 0 unspecified atom stereocenters. The summed E-state index contributed by atoms with van der Waals surface area (Å²) < 4.78 is 5.16. The van der Waals surface area contributed by atoms with E-state index < -0.39 is 36.3 Å². The molecule has 0 aliphatic carbocycles. The number of rotatable bonds is 8. The van der Waals surface area contributed by atoms with Crippen molar-refractivity contribution in [2.45, 2.75) is 39.2 Å². The van der Waals surface area contributed by atoms with Gasteiger partial charge in [-0.3, -0.25) is 19.3 Å². The summed E-state index contributed by atoms with van der Waals surface area (Å²) in [5.74, 6) is -3.16. The zero-order valence-corrected chi connectivity index (χ0v) is 21.2. The molecular weight excluding hydrogens is 526 g/mol. The third-order valence-electron chi connectivity index (χ3n) is 5.23. The molecule has 2 aromatic rings. The number of hydrogen-bond donors (Lipinski definition) is 1. The quantitative estimate of drug-likeness (QED) is 0.191. The van der Waals surface area contributed by atoms with Crippen molar-refractivity contribution in [2.24, 2.45) is 0 Å². The molecule has 2 aromatic carbocycles. The van der Waals surface area contributed by atoms with Gasteiger partial charge in [-0.2, -0.15) is 0 Å². The molecule has 1 heterocycles. The van der Waals surface area contributed by atoms with E-state index in [9.17, 15) is 19.2 Å². The first-order chi connectivity index (χ1) is 16.1. The van der Waals surface area contributed by atoms with Gasteiger partial charge in [0.25, 0.3) is 17.7 Å². The molecule has 0 spiro atoms. The molecule has 0 saturated heterocycles. The zero-order valence-electron chi connectivity index (χ0n) is 18.2. The van der Waals surface area contributed by atoms with Crippen molar-refractivity contribution in [1.29, 1.82) is 0 Å². The maximum absolute atomic E-state index is 13.1. The van der Waals surface area contributed by atoms with E-state index in [-0.39, 0.29) is 37.6 Å². The van der Waals surface area contributed by atoms with Crippen LogP contribution in [0.15, 0.2) is 24.3 Å². The summed E-state index contributed by atoms with van der Waals surface area (Å²) in [5.41, 5.74) is 1.11. The molecular formula is C23H20Cl4N2O5. The Kier molecular flexibility index (Phi) is 8.47. The van der Waals surface area contributed by atoms with Crippen molar-refractivity contribution in [3.63, 3.8) is 0 Å². The first kappa shape index (κ1) is 26.3. The third-order valence-corrected chi connectivity index (χ3v) is 7.03. The van der Waals surface area contributed by atoms with E-state index in [1.54, 1.807) is 12.1 Å². The number of fused-ring (bicyclic) bond motifs is 1. The monoisotopic (exact) mass is 544 g/mol. The van der Waals surface area contributed by atoms with E-state index in [1.807, 2.05) is 26.0 Å². The molecule has 11 heteroatoms. The fourth-order valence-electron chi connectivity index (χ4n) is 3.47. The zero-order chi connectivity index (χ0) is 25.2. The van der Waals surface area contributed by atoms with Crippen LogP contribution in [0.4, 0.5) is 5.69 Å². The molecule has 1 aliphatic heterocycles. The Labute approximate surface area is 216 Å². The molecule has 3 amide bonds. The minimum atomic E-state index is -1.29. The minimum Gasteiger partial charge on any atom is -0.454 e. The Bertz CT molecular complexity index is 1120. The van der Waals surface area contributed by atoms with Gasteiger partial charge in [-0.05, 0) is 25.5 Å². The number of hydrogen-bond acceptors (Lipinski definition) is 5. The van der Waals surface area contributed by atoms with Crippen molar-refractivity contribution in [3.8, 4) is 0 Å². The van der Waals surface area contributed by atoms with Crippen molar-refractivity contribution in [2.75, 3.05) is 11.9 Å². The number of halogens is 4. The van der Waals surface area contributed by atoms with Gasteiger partial charge < -0.3 is 10.1 Å². The fraction of sp³-hybridized carbons (Fsp3) is 0.304. The lowest BCUT2D eigenvalue weighted by molar-refractivity contribution is -0.151. The van der Waals surface area contributed by atoms with Crippen molar-refractivity contribution in [1.82, 2.24) is 4.90 Å². The summed E-state index contributed by atoms with van der Waals surface area (Å²) >= 11 is 24.4. The number of anilines is 1. The molecule has 34 heavy (non-hydrogen) atoms. The van der Waals surface area contributed by atoms with E-state index in [4.69, 9.17) is 51.1 Å². The summed E-state index contributed by atoms with van der Waals surface area (Å²) in [5, 5.41) is 1.81. The first-order valence-electron chi connectivity index (χ1n) is 10.3. The van der Waals surface area contributed by atoms with Crippen LogP contribution < -0.4 is 5.32 Å². The number of nitrogens with zero attached hydrogens (tertiary/aromatic N) is 1. The lowest BCUT2D eigenvalue weighted by atomic mass is 10.1. The second-order valence-electron chi connectivity index (χ2n) is 7.67. The van der Waals surface area contributed by atoms with Gasteiger partial charge in [0, 0.05) is 5.69 Å². The van der Waals surface area contributed by atoms with Crippen LogP contribution >= 0.6 is 46.4 Å². The Hall–Kier alpha value is -2.32. The van der Waals surface area contributed by atoms with Gasteiger partial charge in [-0.25, -0.2) is 4.79 Å². The second kappa shape index (κ2) is 11.0. The van der Waals surface area contributed by atoms with Crippen LogP contribution in [0, 0.1) is 6.92 Å². The van der Waals surface area contributed by atoms with Crippen LogP contribution in [0.3, 0.4) is 0 Å². The van der Waals surface area contributed by atoms with E-state index in [2.05, 4.69) is 5.32 Å². The number of ether oxygens (including phenoxy) is 1. The van der Waals surface area contributed by atoms with Gasteiger partial charge in [-0.1, -0.05) is 83.9 Å². The molecule has 3 rings (SSSR count). The van der Waals surface area contributed by atoms with Crippen molar-refractivity contribution in [3.05, 3.63) is 61.0 Å². The van der Waals surface area contributed by atoms with Crippen LogP contribution in [-0.2, 0) is 14.3 Å². The first-order valence-corrected chi connectivity index (χ1v) is 11.9. The summed E-state index contributed by atoms with van der Waals surface area (Å²) in [6, 6.07) is 5.77. The average Bonchev–Trinajstić information content (AvgIpc) is 3.07. The number of benzene rings is 2. The van der Waals surface area contributed by atoms with E-state index in [0.717, 1.165) is 10.5 Å². The highest BCUT2D eigenvalue weighted by Crippen LogP contribution is 2.45. The van der Waals surface area contributed by atoms with E-state index in [0.29, 0.717) is 18.5 Å². The lowest BCUT2D eigenvalue weighted by Crippen LogP contribution is -2.46. The largest absolute Gasteiger partial charge is 0.454 e. The van der Waals surface area contributed by atoms with Crippen molar-refractivity contribution >= 4 is 75.8 Å². The summed E-state index contributed by atoms with van der Waals surface area (Å²) in [6.45, 7) is 3.19. The summed E-state index contributed by atoms with van der Waals surface area (Å²) in [4.78, 5) is 52.2. The SMILES string of the molecule is CCCC[C@H](C(=O)OCC(=O)Nc1ccc(C)cc1)N1C(=O)c2c(Cl)c(Cl)c(Cl)c(Cl)c2C1=O. The van der Waals surface area contributed by atoms with E-state index >= 15 is 0 Å². The maximum Gasteiger partial charge on any atom is 0.329 e. The smallest absolute Gasteiger partial charge is 0.329 e.